The third-order valence-electron chi connectivity index (χ3n) is 3.81. The molecule has 1 N–H and O–H groups in total. The van der Waals surface area contributed by atoms with Crippen molar-refractivity contribution in [1.29, 1.82) is 0 Å². The summed E-state index contributed by atoms with van der Waals surface area (Å²) >= 11 is 6.21. The molecule has 25 heavy (non-hydrogen) atoms. The van der Waals surface area contributed by atoms with Crippen molar-refractivity contribution in [2.75, 3.05) is 0 Å². The zero-order valence-corrected chi connectivity index (χ0v) is 13.6. The lowest BCUT2D eigenvalue weighted by Crippen LogP contribution is -2.13. The van der Waals surface area contributed by atoms with Crippen molar-refractivity contribution in [3.8, 4) is 11.1 Å². The van der Waals surface area contributed by atoms with Crippen molar-refractivity contribution in [3.63, 3.8) is 0 Å². The monoisotopic (exact) mass is 368 g/mol. The number of carbonyl (C=O) groups is 1. The molecule has 0 aliphatic heterocycles. The van der Waals surface area contributed by atoms with Gasteiger partial charge in [-0.15, -0.1) is 0 Å². The van der Waals surface area contributed by atoms with Gasteiger partial charge in [0, 0.05) is 10.6 Å². The maximum Gasteiger partial charge on any atom is 0.337 e. The highest BCUT2D eigenvalue weighted by atomic mass is 35.5. The molecule has 0 radical (unpaired) electrons. The van der Waals surface area contributed by atoms with E-state index < -0.39 is 18.7 Å². The average molecular weight is 369 g/mol. The topological polar surface area (TPSA) is 55.1 Å². The van der Waals surface area contributed by atoms with Gasteiger partial charge in [-0.2, -0.15) is 0 Å². The quantitative estimate of drug-likeness (QED) is 0.697. The Bertz CT molecular complexity index is 972. The number of imidazole rings is 1. The van der Waals surface area contributed by atoms with Crippen molar-refractivity contribution >= 4 is 28.6 Å². The lowest BCUT2D eigenvalue weighted by atomic mass is 10.0. The largest absolute Gasteiger partial charge is 0.478 e. The van der Waals surface area contributed by atoms with Crippen LogP contribution in [0.25, 0.3) is 22.2 Å². The first-order chi connectivity index (χ1) is 11.8. The number of rotatable bonds is 4. The highest BCUT2D eigenvalue weighted by Crippen LogP contribution is 2.34. The molecule has 1 heterocycles. The lowest BCUT2D eigenvalue weighted by molar-refractivity contribution is 0.0102. The fourth-order valence-corrected chi connectivity index (χ4v) is 3.00. The first kappa shape index (κ1) is 17.3. The number of hydrogen-bond donors (Lipinski definition) is 1. The second-order valence-corrected chi connectivity index (χ2v) is 5.95. The molecule has 130 valence electrons. The number of halogens is 4. The molecule has 0 amide bonds. The van der Waals surface area contributed by atoms with E-state index in [-0.39, 0.29) is 16.6 Å². The summed E-state index contributed by atoms with van der Waals surface area (Å²) in [4.78, 5) is 15.5. The fraction of sp³-hybridized carbons (Fsp3) is 0.176. The van der Waals surface area contributed by atoms with E-state index in [1.54, 1.807) is 18.2 Å². The number of carboxylic acid groups (broad SMARTS) is 1. The van der Waals surface area contributed by atoms with Gasteiger partial charge in [0.15, 0.2) is 0 Å². The molecule has 0 saturated heterocycles. The van der Waals surface area contributed by atoms with Gasteiger partial charge in [0.2, 0.25) is 6.30 Å². The van der Waals surface area contributed by atoms with Crippen molar-refractivity contribution in [1.82, 2.24) is 9.55 Å². The van der Waals surface area contributed by atoms with Crippen molar-refractivity contribution in [2.45, 2.75) is 19.6 Å². The highest BCUT2D eigenvalue weighted by Gasteiger charge is 2.26. The molecule has 0 spiro atoms. The van der Waals surface area contributed by atoms with Crippen LogP contribution in [0.15, 0.2) is 36.7 Å². The normalized spacial score (nSPS) is 12.7. The number of nitrogens with zero attached hydrogens (tertiary/aromatic N) is 2. The molecule has 4 nitrogen and oxygen atoms in total. The van der Waals surface area contributed by atoms with Gasteiger partial charge in [-0.25, -0.2) is 22.9 Å². The summed E-state index contributed by atoms with van der Waals surface area (Å²) in [5.74, 6) is -1.38. The van der Waals surface area contributed by atoms with E-state index in [0.717, 1.165) is 11.9 Å². The number of aryl methyl sites for hydroxylation is 1. The van der Waals surface area contributed by atoms with Crippen LogP contribution in [0.5, 0.6) is 0 Å². The third-order valence-corrected chi connectivity index (χ3v) is 4.12. The van der Waals surface area contributed by atoms with Gasteiger partial charge in [0.25, 0.3) is 6.43 Å². The number of fused-ring (bicyclic) bond motifs is 1. The predicted molar refractivity (Wildman–Crippen MR) is 88.0 cm³/mol. The average Bonchev–Trinajstić information content (AvgIpc) is 2.96. The van der Waals surface area contributed by atoms with Crippen LogP contribution in [0.3, 0.4) is 0 Å². The molecule has 1 atom stereocenters. The molecular formula is C17H12ClF3N2O2. The molecule has 3 rings (SSSR count). The van der Waals surface area contributed by atoms with Crippen molar-refractivity contribution < 1.29 is 23.1 Å². The number of carboxylic acids is 1. The Morgan fingerprint density at radius 1 is 1.24 bits per heavy atom. The maximum atomic E-state index is 13.8. The number of aromatic carboxylic acids is 1. The van der Waals surface area contributed by atoms with Crippen molar-refractivity contribution in [2.24, 2.45) is 0 Å². The summed E-state index contributed by atoms with van der Waals surface area (Å²) in [6, 6.07) is 8.01. The molecule has 0 fully saturated rings. The fourth-order valence-electron chi connectivity index (χ4n) is 2.65. The molecular weight excluding hydrogens is 357 g/mol. The van der Waals surface area contributed by atoms with E-state index in [0.29, 0.717) is 20.7 Å². The summed E-state index contributed by atoms with van der Waals surface area (Å²) in [6.45, 7) is 1.86. The molecule has 0 bridgehead atoms. The Labute approximate surface area is 145 Å². The second kappa shape index (κ2) is 6.40. The molecule has 0 aliphatic carbocycles. The van der Waals surface area contributed by atoms with Gasteiger partial charge in [0.1, 0.15) is 0 Å². The summed E-state index contributed by atoms with van der Waals surface area (Å²) in [6.07, 6.45) is -5.11. The Morgan fingerprint density at radius 2 is 1.96 bits per heavy atom. The number of aromatic nitrogens is 2. The molecule has 3 aromatic rings. The minimum absolute atomic E-state index is 0.0924. The summed E-state index contributed by atoms with van der Waals surface area (Å²) in [5, 5.41) is 9.86. The van der Waals surface area contributed by atoms with E-state index in [9.17, 15) is 23.1 Å². The van der Waals surface area contributed by atoms with Crippen LogP contribution < -0.4 is 0 Å². The third kappa shape index (κ3) is 3.07. The Morgan fingerprint density at radius 3 is 2.56 bits per heavy atom. The Hall–Kier alpha value is -2.54. The van der Waals surface area contributed by atoms with Crippen molar-refractivity contribution in [3.05, 3.63) is 52.8 Å². The van der Waals surface area contributed by atoms with E-state index in [4.69, 9.17) is 11.6 Å². The van der Waals surface area contributed by atoms with E-state index >= 15 is 0 Å². The molecule has 0 saturated carbocycles. The van der Waals surface area contributed by atoms with Gasteiger partial charge in [-0.05, 0) is 36.2 Å². The first-order valence-corrected chi connectivity index (χ1v) is 7.60. The smallest absolute Gasteiger partial charge is 0.337 e. The second-order valence-electron chi connectivity index (χ2n) is 5.54. The highest BCUT2D eigenvalue weighted by molar-refractivity contribution is 6.33. The zero-order valence-electron chi connectivity index (χ0n) is 12.9. The lowest BCUT2D eigenvalue weighted by Gasteiger charge is -2.12. The van der Waals surface area contributed by atoms with Crippen LogP contribution in [0.4, 0.5) is 13.2 Å². The Kier molecular flexibility index (Phi) is 4.43. The predicted octanol–water partition coefficient (Wildman–Crippen LogP) is 5.10. The molecule has 0 aliphatic rings. The standard InChI is InChI=1S/C17H12ClF3N2O2/c1-8-2-3-10(12(18)4-8)9-5-11(17(24)25)14-13(6-9)22-7-23(14)16(21)15(19)20/h2-7,15-16H,1H3,(H,24,25). The van der Waals surface area contributed by atoms with Gasteiger partial charge < -0.3 is 5.11 Å². The van der Waals surface area contributed by atoms with Crippen LogP contribution in [0, 0.1) is 6.92 Å². The van der Waals surface area contributed by atoms with Gasteiger partial charge in [-0.3, -0.25) is 4.57 Å². The maximum absolute atomic E-state index is 13.8. The van der Waals surface area contributed by atoms with Crippen LogP contribution in [0.1, 0.15) is 22.2 Å². The van der Waals surface area contributed by atoms with Gasteiger partial charge in [-0.1, -0.05) is 23.7 Å². The van der Waals surface area contributed by atoms with Crippen LogP contribution >= 0.6 is 11.6 Å². The molecule has 8 heteroatoms. The van der Waals surface area contributed by atoms with E-state index in [1.165, 1.54) is 12.1 Å². The van der Waals surface area contributed by atoms with Gasteiger partial charge in [0.05, 0.1) is 22.9 Å². The Balaban J connectivity index is 2.27. The minimum atomic E-state index is -3.30. The van der Waals surface area contributed by atoms with E-state index in [1.807, 2.05) is 6.92 Å². The number of hydrogen-bond acceptors (Lipinski definition) is 2. The van der Waals surface area contributed by atoms with Crippen LogP contribution in [-0.4, -0.2) is 27.1 Å². The zero-order chi connectivity index (χ0) is 18.3. The number of alkyl halides is 3. The van der Waals surface area contributed by atoms with Crippen LogP contribution in [-0.2, 0) is 0 Å². The van der Waals surface area contributed by atoms with Gasteiger partial charge >= 0.3 is 5.97 Å². The molecule has 2 aromatic carbocycles. The number of benzene rings is 2. The van der Waals surface area contributed by atoms with Crippen LogP contribution in [0.2, 0.25) is 5.02 Å². The molecule has 1 aromatic heterocycles. The molecule has 1 unspecified atom stereocenters. The minimum Gasteiger partial charge on any atom is -0.478 e. The summed E-state index contributed by atoms with van der Waals surface area (Å²) < 4.78 is 39.7. The summed E-state index contributed by atoms with van der Waals surface area (Å²) in [5.41, 5.74) is 1.51. The summed E-state index contributed by atoms with van der Waals surface area (Å²) in [7, 11) is 0. The van der Waals surface area contributed by atoms with E-state index in [2.05, 4.69) is 4.98 Å². The SMILES string of the molecule is Cc1ccc(-c2cc(C(=O)O)c3c(c2)ncn3C(F)C(F)F)c(Cl)c1. The first-order valence-electron chi connectivity index (χ1n) is 7.22.